The monoisotopic (exact) mass is 622 g/mol. The Hall–Kier alpha value is -3.24. The van der Waals surface area contributed by atoms with Gasteiger partial charge in [-0.3, -0.25) is 4.79 Å². The number of sulfonamides is 1. The van der Waals surface area contributed by atoms with Crippen LogP contribution in [0.15, 0.2) is 65.6 Å². The van der Waals surface area contributed by atoms with Crippen LogP contribution in [0.5, 0.6) is 5.75 Å². The van der Waals surface area contributed by atoms with Crippen molar-refractivity contribution >= 4 is 16.0 Å². The number of β-amino-alcohol motifs (C(OH)–C–C–N with tert-alkyl or cyclic N) is 1. The quantitative estimate of drug-likeness (QED) is 0.216. The van der Waals surface area contributed by atoms with Crippen molar-refractivity contribution < 1.29 is 28.2 Å². The largest absolute Gasteiger partial charge is 0.496 e. The average Bonchev–Trinajstić information content (AvgIpc) is 3.40. The fraction of sp³-hybridized carbons (Fsp3) is 0.457. The first kappa shape index (κ1) is 33.6. The number of aryl methyl sites for hydroxylation is 2. The number of hydrogen-bond acceptors (Lipinski definition) is 6. The highest BCUT2D eigenvalue weighted by molar-refractivity contribution is 7.89. The molecule has 3 aromatic rings. The number of fused-ring (bicyclic) bond motifs is 1. The van der Waals surface area contributed by atoms with Gasteiger partial charge in [0.25, 0.3) is 0 Å². The molecule has 0 fully saturated rings. The maximum atomic E-state index is 13.6. The highest BCUT2D eigenvalue weighted by atomic mass is 32.2. The first-order valence-corrected chi connectivity index (χ1v) is 16.7. The number of ether oxygens (including phenoxy) is 1. The summed E-state index contributed by atoms with van der Waals surface area (Å²) < 4.78 is 33.9. The molecule has 0 aromatic heterocycles. The summed E-state index contributed by atoms with van der Waals surface area (Å²) in [5.41, 5.74) is 5.77. The third kappa shape index (κ3) is 8.27. The Kier molecular flexibility index (Phi) is 10.9. The number of nitrogens with zero attached hydrogens (tertiary/aromatic N) is 1. The molecule has 1 aliphatic rings. The van der Waals surface area contributed by atoms with Gasteiger partial charge in [0, 0.05) is 32.1 Å². The minimum atomic E-state index is -3.86. The van der Waals surface area contributed by atoms with Gasteiger partial charge < -0.3 is 20.3 Å². The van der Waals surface area contributed by atoms with E-state index in [0.29, 0.717) is 30.1 Å². The fourth-order valence-corrected chi connectivity index (χ4v) is 7.77. The number of hydrogen-bond donors (Lipinski definition) is 3. The van der Waals surface area contributed by atoms with Gasteiger partial charge in [-0.1, -0.05) is 43.3 Å². The maximum absolute atomic E-state index is 13.6. The zero-order valence-electron chi connectivity index (χ0n) is 26.5. The van der Waals surface area contributed by atoms with E-state index >= 15 is 0 Å². The van der Waals surface area contributed by atoms with Gasteiger partial charge in [0.05, 0.1) is 18.1 Å². The van der Waals surface area contributed by atoms with Crippen molar-refractivity contribution in [2.75, 3.05) is 27.2 Å². The number of aliphatic hydroxyl groups is 1. The highest BCUT2D eigenvalue weighted by Gasteiger charge is 2.30. The van der Waals surface area contributed by atoms with E-state index in [9.17, 15) is 18.3 Å². The second kappa shape index (κ2) is 14.2. The van der Waals surface area contributed by atoms with Crippen LogP contribution in [0, 0.1) is 5.92 Å². The van der Waals surface area contributed by atoms with Gasteiger partial charge in [0.15, 0.2) is 0 Å². The molecule has 0 heterocycles. The minimum Gasteiger partial charge on any atom is -0.496 e. The topological polar surface area (TPSA) is 116 Å². The maximum Gasteiger partial charge on any atom is 0.303 e. The number of nitrogens with one attached hydrogen (secondary N) is 1. The van der Waals surface area contributed by atoms with Crippen molar-refractivity contribution in [3.05, 3.63) is 82.9 Å². The lowest BCUT2D eigenvalue weighted by Crippen LogP contribution is -2.47. The van der Waals surface area contributed by atoms with Crippen molar-refractivity contribution in [3.63, 3.8) is 0 Å². The van der Waals surface area contributed by atoms with Crippen LogP contribution in [0.3, 0.4) is 0 Å². The van der Waals surface area contributed by atoms with Crippen LogP contribution in [-0.4, -0.2) is 67.8 Å². The van der Waals surface area contributed by atoms with Gasteiger partial charge in [0.1, 0.15) is 5.75 Å². The molecular formula is C35H46N2O6S. The Balaban J connectivity index is 1.40. The lowest BCUT2D eigenvalue weighted by atomic mass is 9.88. The summed E-state index contributed by atoms with van der Waals surface area (Å²) >= 11 is 0. The predicted molar refractivity (Wildman–Crippen MR) is 174 cm³/mol. The molecule has 4 rings (SSSR count). The molecule has 0 spiro atoms. The van der Waals surface area contributed by atoms with Crippen LogP contribution in [0.4, 0.5) is 0 Å². The van der Waals surface area contributed by atoms with E-state index in [-0.39, 0.29) is 29.9 Å². The first-order chi connectivity index (χ1) is 20.8. The molecule has 3 N–H and O–H groups in total. The van der Waals surface area contributed by atoms with Crippen LogP contribution < -0.4 is 10.1 Å². The summed E-state index contributed by atoms with van der Waals surface area (Å²) in [6.45, 7) is 6.44. The van der Waals surface area contributed by atoms with Crippen molar-refractivity contribution in [1.29, 1.82) is 0 Å². The molecule has 0 amide bonds. The lowest BCUT2D eigenvalue weighted by Gasteiger charge is -2.31. The van der Waals surface area contributed by atoms with E-state index in [0.717, 1.165) is 36.0 Å². The zero-order chi connectivity index (χ0) is 32.1. The lowest BCUT2D eigenvalue weighted by molar-refractivity contribution is -0.136. The van der Waals surface area contributed by atoms with Gasteiger partial charge in [-0.25, -0.2) is 8.42 Å². The highest BCUT2D eigenvalue weighted by Crippen LogP contribution is 2.33. The Morgan fingerprint density at radius 1 is 1.05 bits per heavy atom. The molecule has 1 atom stereocenters. The number of rotatable bonds is 15. The van der Waals surface area contributed by atoms with E-state index in [1.165, 1.54) is 22.5 Å². The Morgan fingerprint density at radius 3 is 2.25 bits per heavy atom. The number of carbonyl (C=O) groups is 1. The molecule has 0 bridgehead atoms. The van der Waals surface area contributed by atoms with Crippen LogP contribution in [0.1, 0.15) is 55.9 Å². The van der Waals surface area contributed by atoms with Crippen molar-refractivity contribution in [1.82, 2.24) is 9.62 Å². The third-order valence-electron chi connectivity index (χ3n) is 8.57. The Bertz CT molecular complexity index is 1540. The smallest absolute Gasteiger partial charge is 0.303 e. The molecule has 0 unspecified atom stereocenters. The number of carboxylic acid groups (broad SMARTS) is 1. The number of likely N-dealkylation sites (N-methyl/N-ethyl adjacent to an activating group) is 1. The molecule has 3 aromatic carbocycles. The van der Waals surface area contributed by atoms with Crippen molar-refractivity contribution in [2.45, 2.75) is 75.8 Å². The number of benzene rings is 3. The molecule has 44 heavy (non-hydrogen) atoms. The summed E-state index contributed by atoms with van der Waals surface area (Å²) in [4.78, 5) is 11.3. The van der Waals surface area contributed by atoms with Gasteiger partial charge in [0.2, 0.25) is 10.0 Å². The van der Waals surface area contributed by atoms with Crippen LogP contribution >= 0.6 is 0 Å². The second-order valence-corrected chi connectivity index (χ2v) is 14.6. The van der Waals surface area contributed by atoms with Crippen LogP contribution in [0.25, 0.3) is 11.1 Å². The standard InChI is InChI=1S/C35H46N2O6S/c1-6-25-19-29(28-11-14-32(43-5)30(20-28)13-16-34(39)40)12-15-33(25)44(41,42)37(4)23-31(38)22-36-35(2,3)21-24-17-26-9-7-8-10-27(26)18-24/h7-12,14-15,19-20,24,31,36,38H,6,13,16-18,21-23H2,1-5H3,(H,39,40)/t31-/m1/s1. The second-order valence-electron chi connectivity index (χ2n) is 12.5. The number of carboxylic acids is 1. The average molecular weight is 623 g/mol. The molecule has 0 aliphatic heterocycles. The zero-order valence-corrected chi connectivity index (χ0v) is 27.3. The van der Waals surface area contributed by atoms with Gasteiger partial charge in [-0.2, -0.15) is 4.31 Å². The molecule has 9 heteroatoms. The van der Waals surface area contributed by atoms with Crippen molar-refractivity contribution in [2.24, 2.45) is 5.92 Å². The van der Waals surface area contributed by atoms with Crippen LogP contribution in [0.2, 0.25) is 0 Å². The molecule has 238 valence electrons. The summed E-state index contributed by atoms with van der Waals surface area (Å²) in [5.74, 6) is 0.274. The molecule has 8 nitrogen and oxygen atoms in total. The summed E-state index contributed by atoms with van der Waals surface area (Å²) in [6.07, 6.45) is 3.03. The third-order valence-corrected chi connectivity index (χ3v) is 10.5. The predicted octanol–water partition coefficient (Wildman–Crippen LogP) is 5.10. The normalized spacial score (nSPS) is 14.5. The summed E-state index contributed by atoms with van der Waals surface area (Å²) in [5, 5.41) is 23.4. The molecule has 0 radical (unpaired) electrons. The number of methoxy groups -OCH3 is 1. The molecule has 1 aliphatic carbocycles. The molecule has 0 saturated carbocycles. The SMILES string of the molecule is CCc1cc(-c2ccc(OC)c(CCC(=O)O)c2)ccc1S(=O)(=O)N(C)C[C@H](O)CNC(C)(C)CC1Cc2ccccc2C1. The van der Waals surface area contributed by atoms with E-state index in [1.807, 2.05) is 25.1 Å². The minimum absolute atomic E-state index is 0.0162. The van der Waals surface area contributed by atoms with E-state index in [1.54, 1.807) is 25.3 Å². The summed E-state index contributed by atoms with van der Waals surface area (Å²) in [7, 11) is -0.801. The Labute approximate surface area is 262 Å². The summed E-state index contributed by atoms with van der Waals surface area (Å²) in [6, 6.07) is 19.4. The Morgan fingerprint density at radius 2 is 1.66 bits per heavy atom. The molecular weight excluding hydrogens is 576 g/mol. The van der Waals surface area contributed by atoms with Crippen LogP contribution in [-0.2, 0) is 40.5 Å². The van der Waals surface area contributed by atoms with E-state index in [4.69, 9.17) is 9.84 Å². The van der Waals surface area contributed by atoms with Crippen molar-refractivity contribution in [3.8, 4) is 16.9 Å². The molecule has 0 saturated heterocycles. The van der Waals surface area contributed by atoms with Gasteiger partial charge in [-0.15, -0.1) is 0 Å². The van der Waals surface area contributed by atoms with E-state index in [2.05, 4.69) is 43.4 Å². The fourth-order valence-electron chi connectivity index (χ4n) is 6.29. The van der Waals surface area contributed by atoms with E-state index < -0.39 is 22.1 Å². The van der Waals surface area contributed by atoms with Gasteiger partial charge in [-0.05, 0) is 110 Å². The first-order valence-electron chi connectivity index (χ1n) is 15.3. The number of aliphatic hydroxyl groups excluding tert-OH is 1. The van der Waals surface area contributed by atoms with Gasteiger partial charge >= 0.3 is 5.97 Å². The number of aliphatic carboxylic acids is 1.